The maximum Gasteiger partial charge on any atom is 0.387 e. The number of aromatic nitrogens is 2. The molecule has 29 heavy (non-hydrogen) atoms. The molecule has 2 aromatic carbocycles. The van der Waals surface area contributed by atoms with Crippen molar-refractivity contribution in [1.29, 1.82) is 0 Å². The van der Waals surface area contributed by atoms with Gasteiger partial charge in [-0.15, -0.1) is 0 Å². The van der Waals surface area contributed by atoms with Gasteiger partial charge in [0.15, 0.2) is 17.2 Å². The molecule has 1 amide bonds. The normalized spacial score (nSPS) is 10.9. The summed E-state index contributed by atoms with van der Waals surface area (Å²) in [6, 6.07) is 11.4. The van der Waals surface area contributed by atoms with Crippen LogP contribution in [0.1, 0.15) is 16.1 Å². The van der Waals surface area contributed by atoms with Crippen LogP contribution in [0.2, 0.25) is 0 Å². The number of halogens is 2. The van der Waals surface area contributed by atoms with Gasteiger partial charge in [0.25, 0.3) is 11.5 Å². The van der Waals surface area contributed by atoms with Crippen LogP contribution >= 0.6 is 0 Å². The number of rotatable bonds is 7. The second kappa shape index (κ2) is 8.68. The third-order valence-corrected chi connectivity index (χ3v) is 4.31. The summed E-state index contributed by atoms with van der Waals surface area (Å²) in [4.78, 5) is 24.8. The van der Waals surface area contributed by atoms with Gasteiger partial charge in [-0.3, -0.25) is 9.59 Å². The Labute approximate surface area is 164 Å². The molecule has 0 aliphatic rings. The summed E-state index contributed by atoms with van der Waals surface area (Å²) in [6.07, 6.45) is 0.431. The number of alkyl halides is 2. The van der Waals surface area contributed by atoms with Crippen molar-refractivity contribution in [3.63, 3.8) is 0 Å². The van der Waals surface area contributed by atoms with E-state index < -0.39 is 12.5 Å². The molecule has 0 radical (unpaired) electrons. The lowest BCUT2D eigenvalue weighted by atomic mass is 10.1. The topological polar surface area (TPSA) is 82.5 Å². The molecular formula is C20H19F2N3O4. The molecule has 1 N–H and O–H groups in total. The monoisotopic (exact) mass is 403 g/mol. The lowest BCUT2D eigenvalue weighted by Gasteiger charge is -2.12. The lowest BCUT2D eigenvalue weighted by molar-refractivity contribution is -0.0512. The quantitative estimate of drug-likeness (QED) is 0.656. The molecule has 152 valence electrons. The molecule has 0 saturated heterocycles. The number of amides is 1. The molecule has 1 aromatic heterocycles. The number of hydrogen-bond donors (Lipinski definition) is 1. The van der Waals surface area contributed by atoms with Gasteiger partial charge in [-0.25, -0.2) is 4.68 Å². The number of carbonyl (C=O) groups excluding carboxylic acids is 1. The third kappa shape index (κ3) is 4.50. The van der Waals surface area contributed by atoms with Crippen LogP contribution in [0.15, 0.2) is 47.3 Å². The summed E-state index contributed by atoms with van der Waals surface area (Å²) in [5, 5.41) is 7.73. The zero-order valence-electron chi connectivity index (χ0n) is 15.8. The fourth-order valence-electron chi connectivity index (χ4n) is 2.93. The van der Waals surface area contributed by atoms with Gasteiger partial charge in [-0.1, -0.05) is 24.3 Å². The van der Waals surface area contributed by atoms with Gasteiger partial charge in [0.05, 0.1) is 12.5 Å². The Hall–Kier alpha value is -3.49. The molecule has 1 heterocycles. The smallest absolute Gasteiger partial charge is 0.387 e. The van der Waals surface area contributed by atoms with E-state index in [1.54, 1.807) is 36.4 Å². The van der Waals surface area contributed by atoms with Crippen LogP contribution in [0.5, 0.6) is 11.5 Å². The minimum atomic E-state index is -2.95. The molecule has 0 aliphatic heterocycles. The first kappa shape index (κ1) is 20.2. The standard InChI is InChI=1S/C20H19F2N3O4/c1-25-19(27)14-6-4-3-5-13(14)17(24-25)18(26)23-10-9-12-7-8-15(29-20(21)22)16(11-12)28-2/h3-8,11,20H,9-10H2,1-2H3,(H,23,26). The summed E-state index contributed by atoms with van der Waals surface area (Å²) in [6.45, 7) is -2.67. The SMILES string of the molecule is COc1cc(CCNC(=O)c2nn(C)c(=O)c3ccccc23)ccc1OC(F)F. The average molecular weight is 403 g/mol. The predicted octanol–water partition coefficient (Wildman–Crippen LogP) is 2.52. The fourth-order valence-corrected chi connectivity index (χ4v) is 2.93. The molecule has 0 spiro atoms. The van der Waals surface area contributed by atoms with Gasteiger partial charge in [0.2, 0.25) is 0 Å². The summed E-state index contributed by atoms with van der Waals surface area (Å²) in [7, 11) is 2.84. The van der Waals surface area contributed by atoms with Gasteiger partial charge in [-0.2, -0.15) is 13.9 Å². The molecular weight excluding hydrogens is 384 g/mol. The van der Waals surface area contributed by atoms with Crippen molar-refractivity contribution in [2.45, 2.75) is 13.0 Å². The first-order valence-corrected chi connectivity index (χ1v) is 8.76. The molecule has 0 unspecified atom stereocenters. The van der Waals surface area contributed by atoms with E-state index in [-0.39, 0.29) is 29.3 Å². The van der Waals surface area contributed by atoms with Crippen molar-refractivity contribution in [1.82, 2.24) is 15.1 Å². The minimum absolute atomic E-state index is 0.0591. The summed E-state index contributed by atoms with van der Waals surface area (Å²) < 4.78 is 35.4. The van der Waals surface area contributed by atoms with E-state index in [1.807, 2.05) is 0 Å². The number of ether oxygens (including phenoxy) is 2. The number of nitrogens with one attached hydrogen (secondary N) is 1. The second-order valence-corrected chi connectivity index (χ2v) is 6.19. The van der Waals surface area contributed by atoms with Gasteiger partial charge < -0.3 is 14.8 Å². The molecule has 0 fully saturated rings. The van der Waals surface area contributed by atoms with Gasteiger partial charge in [0, 0.05) is 19.0 Å². The Balaban J connectivity index is 1.72. The van der Waals surface area contributed by atoms with Gasteiger partial charge in [0.1, 0.15) is 0 Å². The molecule has 7 nitrogen and oxygen atoms in total. The van der Waals surface area contributed by atoms with E-state index in [4.69, 9.17) is 4.74 Å². The van der Waals surface area contributed by atoms with E-state index in [0.717, 1.165) is 10.2 Å². The van der Waals surface area contributed by atoms with Crippen LogP contribution in [0.25, 0.3) is 10.8 Å². The van der Waals surface area contributed by atoms with Crippen molar-refractivity contribution < 1.29 is 23.0 Å². The van der Waals surface area contributed by atoms with Crippen molar-refractivity contribution in [3.8, 4) is 11.5 Å². The van der Waals surface area contributed by atoms with Crippen molar-refractivity contribution in [3.05, 3.63) is 64.1 Å². The zero-order chi connectivity index (χ0) is 21.0. The van der Waals surface area contributed by atoms with Crippen LogP contribution in [-0.2, 0) is 13.5 Å². The Morgan fingerprint density at radius 3 is 2.59 bits per heavy atom. The van der Waals surface area contributed by atoms with Crippen molar-refractivity contribution in [2.24, 2.45) is 7.05 Å². The maximum absolute atomic E-state index is 12.6. The molecule has 3 rings (SSSR count). The Morgan fingerprint density at radius 2 is 1.90 bits per heavy atom. The zero-order valence-corrected chi connectivity index (χ0v) is 15.8. The molecule has 0 aliphatic carbocycles. The number of aryl methyl sites for hydroxylation is 1. The van der Waals surface area contributed by atoms with E-state index >= 15 is 0 Å². The Morgan fingerprint density at radius 1 is 1.17 bits per heavy atom. The maximum atomic E-state index is 12.6. The summed E-state index contributed by atoms with van der Waals surface area (Å²) in [5.74, 6) is -0.294. The van der Waals surface area contributed by atoms with E-state index in [1.165, 1.54) is 20.2 Å². The highest BCUT2D eigenvalue weighted by atomic mass is 19.3. The van der Waals surface area contributed by atoms with E-state index in [9.17, 15) is 18.4 Å². The number of benzene rings is 2. The highest BCUT2D eigenvalue weighted by molar-refractivity contribution is 6.04. The Kier molecular flexibility index (Phi) is 6.06. The third-order valence-electron chi connectivity index (χ3n) is 4.31. The van der Waals surface area contributed by atoms with E-state index in [2.05, 4.69) is 15.2 Å². The van der Waals surface area contributed by atoms with Crippen molar-refractivity contribution >= 4 is 16.7 Å². The van der Waals surface area contributed by atoms with Crippen LogP contribution < -0.4 is 20.3 Å². The molecule has 3 aromatic rings. The largest absolute Gasteiger partial charge is 0.493 e. The van der Waals surface area contributed by atoms with Gasteiger partial charge >= 0.3 is 6.61 Å². The van der Waals surface area contributed by atoms with Crippen LogP contribution in [0.4, 0.5) is 8.78 Å². The highest BCUT2D eigenvalue weighted by Gasteiger charge is 2.15. The molecule has 0 bridgehead atoms. The van der Waals surface area contributed by atoms with Crippen LogP contribution in [0.3, 0.4) is 0 Å². The average Bonchev–Trinajstić information content (AvgIpc) is 2.71. The lowest BCUT2D eigenvalue weighted by Crippen LogP contribution is -2.30. The first-order valence-electron chi connectivity index (χ1n) is 8.76. The molecule has 0 atom stereocenters. The van der Waals surface area contributed by atoms with Gasteiger partial charge in [-0.05, 0) is 30.2 Å². The molecule has 9 heteroatoms. The predicted molar refractivity (Wildman–Crippen MR) is 103 cm³/mol. The number of nitrogens with zero attached hydrogens (tertiary/aromatic N) is 2. The number of fused-ring (bicyclic) bond motifs is 1. The minimum Gasteiger partial charge on any atom is -0.493 e. The second-order valence-electron chi connectivity index (χ2n) is 6.19. The summed E-state index contributed by atoms with van der Waals surface area (Å²) >= 11 is 0. The molecule has 0 saturated carbocycles. The van der Waals surface area contributed by atoms with Crippen molar-refractivity contribution in [2.75, 3.05) is 13.7 Å². The number of methoxy groups -OCH3 is 1. The van der Waals surface area contributed by atoms with Crippen LogP contribution in [0, 0.1) is 0 Å². The highest BCUT2D eigenvalue weighted by Crippen LogP contribution is 2.29. The van der Waals surface area contributed by atoms with Crippen LogP contribution in [-0.4, -0.2) is 36.0 Å². The summed E-state index contributed by atoms with van der Waals surface area (Å²) in [5.41, 5.74) is 0.637. The number of hydrogen-bond acceptors (Lipinski definition) is 5. The first-order chi connectivity index (χ1) is 13.9. The Bertz CT molecular complexity index is 1100. The fraction of sp³-hybridized carbons (Fsp3) is 0.250. The van der Waals surface area contributed by atoms with E-state index in [0.29, 0.717) is 17.2 Å². The number of carbonyl (C=O) groups is 1.